The van der Waals surface area contributed by atoms with E-state index in [9.17, 15) is 9.18 Å². The third kappa shape index (κ3) is 5.82. The van der Waals surface area contributed by atoms with E-state index in [1.807, 2.05) is 44.2 Å². The van der Waals surface area contributed by atoms with Crippen molar-refractivity contribution in [1.29, 1.82) is 0 Å². The lowest BCUT2D eigenvalue weighted by Crippen LogP contribution is -2.14. The summed E-state index contributed by atoms with van der Waals surface area (Å²) in [4.78, 5) is 13.0. The Kier molecular flexibility index (Phi) is 7.25. The number of ether oxygens (including phenoxy) is 1. The van der Waals surface area contributed by atoms with E-state index in [2.05, 4.69) is 43.3 Å². The van der Waals surface area contributed by atoms with Crippen molar-refractivity contribution >= 4 is 11.6 Å². The van der Waals surface area contributed by atoms with E-state index in [1.54, 1.807) is 28.9 Å². The highest BCUT2D eigenvalue weighted by Crippen LogP contribution is 2.25. The molecule has 6 heteroatoms. The van der Waals surface area contributed by atoms with Gasteiger partial charge < -0.3 is 10.1 Å². The van der Waals surface area contributed by atoms with Gasteiger partial charge in [0.1, 0.15) is 18.2 Å². The van der Waals surface area contributed by atoms with Crippen LogP contribution < -0.4 is 10.1 Å². The van der Waals surface area contributed by atoms with Gasteiger partial charge in [-0.15, -0.1) is 0 Å². The average Bonchev–Trinajstić information content (AvgIpc) is 3.11. The van der Waals surface area contributed by atoms with Crippen LogP contribution in [0.5, 0.6) is 5.75 Å². The zero-order chi connectivity index (χ0) is 25.9. The Hall–Kier alpha value is -3.93. The first-order valence-corrected chi connectivity index (χ1v) is 12.0. The topological polar surface area (TPSA) is 56.2 Å². The van der Waals surface area contributed by atoms with Crippen LogP contribution in [0.25, 0.3) is 0 Å². The Morgan fingerprint density at radius 2 is 1.72 bits per heavy atom. The number of aromatic nitrogens is 2. The first-order chi connectivity index (χ1) is 17.1. The Labute approximate surface area is 211 Å². The molecule has 0 fully saturated rings. The molecule has 3 aromatic carbocycles. The van der Waals surface area contributed by atoms with Crippen molar-refractivity contribution < 1.29 is 13.9 Å². The fraction of sp³-hybridized carbons (Fsp3) is 0.267. The number of nitrogens with zero attached hydrogens (tertiary/aromatic N) is 2. The molecule has 0 atom stereocenters. The quantitative estimate of drug-likeness (QED) is 0.313. The van der Waals surface area contributed by atoms with Crippen LogP contribution in [0.1, 0.15) is 59.2 Å². The summed E-state index contributed by atoms with van der Waals surface area (Å²) in [5.41, 5.74) is 5.38. The monoisotopic (exact) mass is 485 g/mol. The third-order valence-corrected chi connectivity index (χ3v) is 6.21. The van der Waals surface area contributed by atoms with Crippen molar-refractivity contribution in [2.75, 3.05) is 5.32 Å². The molecule has 0 spiro atoms. The maximum atomic E-state index is 14.1. The second-order valence-electron chi connectivity index (χ2n) is 10.0. The van der Waals surface area contributed by atoms with Gasteiger partial charge >= 0.3 is 0 Å². The molecule has 0 unspecified atom stereocenters. The van der Waals surface area contributed by atoms with E-state index >= 15 is 0 Å². The minimum atomic E-state index is -0.278. The summed E-state index contributed by atoms with van der Waals surface area (Å²) in [6, 6.07) is 22.1. The van der Waals surface area contributed by atoms with Crippen LogP contribution in [0.4, 0.5) is 10.1 Å². The second-order valence-corrected chi connectivity index (χ2v) is 10.0. The fourth-order valence-corrected chi connectivity index (χ4v) is 4.03. The molecule has 4 rings (SSSR count). The summed E-state index contributed by atoms with van der Waals surface area (Å²) in [6.07, 6.45) is 0. The molecule has 0 aliphatic rings. The van der Waals surface area contributed by atoms with Crippen molar-refractivity contribution in [3.8, 4) is 5.75 Å². The largest absolute Gasteiger partial charge is 0.489 e. The molecule has 1 aromatic heterocycles. The average molecular weight is 486 g/mol. The van der Waals surface area contributed by atoms with Crippen molar-refractivity contribution in [3.05, 3.63) is 112 Å². The first-order valence-electron chi connectivity index (χ1n) is 12.0. The molecule has 5 nitrogen and oxygen atoms in total. The van der Waals surface area contributed by atoms with Crippen LogP contribution in [0, 0.1) is 19.7 Å². The molecule has 1 amide bonds. The molecule has 0 saturated heterocycles. The number of hydrogen-bond acceptors (Lipinski definition) is 3. The lowest BCUT2D eigenvalue weighted by Gasteiger charge is -2.19. The highest BCUT2D eigenvalue weighted by atomic mass is 19.1. The zero-order valence-electron chi connectivity index (χ0n) is 21.4. The molecule has 0 bridgehead atoms. The van der Waals surface area contributed by atoms with Gasteiger partial charge in [-0.1, -0.05) is 63.2 Å². The normalized spacial score (nSPS) is 11.4. The van der Waals surface area contributed by atoms with Crippen molar-refractivity contribution in [3.63, 3.8) is 0 Å². The van der Waals surface area contributed by atoms with Gasteiger partial charge in [-0.25, -0.2) is 4.39 Å². The Balaban J connectivity index is 1.43. The molecule has 0 aliphatic heterocycles. The molecule has 1 N–H and O–H groups in total. The standard InChI is InChI=1S/C30H32FN3O2/c1-20-28(21(2)34(33-20)18-24-10-6-7-12-27(24)31)32-29(35)23-11-8-9-22(17-23)19-36-26-15-13-25(14-16-26)30(3,4)5/h6-17H,18-19H2,1-5H3,(H,32,35). The van der Waals surface area contributed by atoms with E-state index < -0.39 is 0 Å². The molecular weight excluding hydrogens is 453 g/mol. The Bertz CT molecular complexity index is 1370. The molecular formula is C30H32FN3O2. The molecule has 186 valence electrons. The van der Waals surface area contributed by atoms with Crippen LogP contribution in [-0.2, 0) is 18.6 Å². The number of anilines is 1. The van der Waals surface area contributed by atoms with Gasteiger partial charge in [0.2, 0.25) is 0 Å². The number of carbonyl (C=O) groups is 1. The van der Waals surface area contributed by atoms with Gasteiger partial charge in [0.05, 0.1) is 23.6 Å². The van der Waals surface area contributed by atoms with Gasteiger partial charge in [-0.3, -0.25) is 9.48 Å². The summed E-state index contributed by atoms with van der Waals surface area (Å²) in [5, 5.41) is 7.49. The van der Waals surface area contributed by atoms with Gasteiger partial charge in [0, 0.05) is 11.1 Å². The molecule has 36 heavy (non-hydrogen) atoms. The molecule has 1 heterocycles. The van der Waals surface area contributed by atoms with E-state index in [0.717, 1.165) is 17.0 Å². The minimum Gasteiger partial charge on any atom is -0.489 e. The third-order valence-electron chi connectivity index (χ3n) is 6.21. The smallest absolute Gasteiger partial charge is 0.255 e. The fourth-order valence-electron chi connectivity index (χ4n) is 4.03. The summed E-state index contributed by atoms with van der Waals surface area (Å²) in [5.74, 6) is 0.272. The number of rotatable bonds is 7. The minimum absolute atomic E-state index is 0.0885. The Morgan fingerprint density at radius 1 is 1.00 bits per heavy atom. The summed E-state index contributed by atoms with van der Waals surface area (Å²) in [6.45, 7) is 10.9. The predicted octanol–water partition coefficient (Wildman–Crippen LogP) is 6.82. The van der Waals surface area contributed by atoms with Gasteiger partial charge in [0.25, 0.3) is 5.91 Å². The van der Waals surface area contributed by atoms with E-state index in [0.29, 0.717) is 35.7 Å². The number of benzene rings is 3. The van der Waals surface area contributed by atoms with Crippen molar-refractivity contribution in [2.45, 2.75) is 53.2 Å². The van der Waals surface area contributed by atoms with Crippen molar-refractivity contribution in [1.82, 2.24) is 9.78 Å². The molecule has 0 radical (unpaired) electrons. The Morgan fingerprint density at radius 3 is 2.42 bits per heavy atom. The van der Waals surface area contributed by atoms with E-state index in [-0.39, 0.29) is 17.1 Å². The summed E-state index contributed by atoms with van der Waals surface area (Å²) in [7, 11) is 0. The van der Waals surface area contributed by atoms with Crippen LogP contribution in [0.2, 0.25) is 0 Å². The first kappa shape index (κ1) is 25.2. The van der Waals surface area contributed by atoms with E-state index in [1.165, 1.54) is 11.6 Å². The van der Waals surface area contributed by atoms with E-state index in [4.69, 9.17) is 4.74 Å². The summed E-state index contributed by atoms with van der Waals surface area (Å²) >= 11 is 0. The highest BCUT2D eigenvalue weighted by molar-refractivity contribution is 6.05. The zero-order valence-corrected chi connectivity index (χ0v) is 21.4. The van der Waals surface area contributed by atoms with Crippen LogP contribution in [0.3, 0.4) is 0 Å². The van der Waals surface area contributed by atoms with Crippen LogP contribution in [-0.4, -0.2) is 15.7 Å². The van der Waals surface area contributed by atoms with Crippen LogP contribution >= 0.6 is 0 Å². The van der Waals surface area contributed by atoms with Crippen LogP contribution in [0.15, 0.2) is 72.8 Å². The van der Waals surface area contributed by atoms with Gasteiger partial charge in [-0.2, -0.15) is 5.10 Å². The number of carbonyl (C=O) groups excluding carboxylic acids is 1. The SMILES string of the molecule is Cc1nn(Cc2ccccc2F)c(C)c1NC(=O)c1cccc(COc2ccc(C(C)(C)C)cc2)c1. The predicted molar refractivity (Wildman–Crippen MR) is 141 cm³/mol. The maximum absolute atomic E-state index is 14.1. The number of aryl methyl sites for hydroxylation is 1. The number of nitrogens with one attached hydrogen (secondary N) is 1. The molecule has 0 saturated carbocycles. The lowest BCUT2D eigenvalue weighted by atomic mass is 9.87. The molecule has 0 aliphatic carbocycles. The summed E-state index contributed by atoms with van der Waals surface area (Å²) < 4.78 is 21.8. The lowest BCUT2D eigenvalue weighted by molar-refractivity contribution is 0.102. The van der Waals surface area contributed by atoms with Gasteiger partial charge in [0.15, 0.2) is 0 Å². The van der Waals surface area contributed by atoms with Gasteiger partial charge in [-0.05, 0) is 60.7 Å². The number of amides is 1. The number of halogens is 1. The maximum Gasteiger partial charge on any atom is 0.255 e. The second kappa shape index (κ2) is 10.4. The molecule has 4 aromatic rings. The number of hydrogen-bond donors (Lipinski definition) is 1. The highest BCUT2D eigenvalue weighted by Gasteiger charge is 2.17. The van der Waals surface area contributed by atoms with Crippen molar-refractivity contribution in [2.24, 2.45) is 0 Å².